The van der Waals surface area contributed by atoms with Crippen LogP contribution in [-0.2, 0) is 16.6 Å². The molecule has 0 atom stereocenters. The van der Waals surface area contributed by atoms with Gasteiger partial charge in [-0.2, -0.15) is 0 Å². The number of hydrogen-bond acceptors (Lipinski definition) is 5. The summed E-state index contributed by atoms with van der Waals surface area (Å²) in [5, 5.41) is 1.86. The fourth-order valence-corrected chi connectivity index (χ4v) is 3.85. The summed E-state index contributed by atoms with van der Waals surface area (Å²) in [6.07, 6.45) is 0. The Hall–Kier alpha value is -1.97. The number of hydrazine groups is 1. The molecule has 1 aliphatic rings. The van der Waals surface area contributed by atoms with Crippen LogP contribution in [0.2, 0.25) is 0 Å². The number of nitrogens with one attached hydrogen (secondary N) is 2. The van der Waals surface area contributed by atoms with Crippen molar-refractivity contribution in [1.29, 1.82) is 0 Å². The molecule has 0 aromatic heterocycles. The zero-order valence-electron chi connectivity index (χ0n) is 15.7. The van der Waals surface area contributed by atoms with Gasteiger partial charge in [0.05, 0.1) is 4.90 Å². The van der Waals surface area contributed by atoms with Gasteiger partial charge in [-0.3, -0.25) is 10.2 Å². The number of carbonyl (C=O) groups excluding carboxylic acids is 1. The maximum Gasteiger partial charge on any atom is 0.265 e. The van der Waals surface area contributed by atoms with Crippen molar-refractivity contribution in [3.8, 4) is 0 Å². The minimum atomic E-state index is -3.71. The normalized spacial score (nSPS) is 15.6. The van der Waals surface area contributed by atoms with E-state index < -0.39 is 10.0 Å². The van der Waals surface area contributed by atoms with Crippen LogP contribution in [0.25, 0.3) is 0 Å². The molecule has 9 heteroatoms. The van der Waals surface area contributed by atoms with Crippen LogP contribution in [0.3, 0.4) is 0 Å². The van der Waals surface area contributed by atoms with Gasteiger partial charge in [-0.05, 0) is 30.8 Å². The highest BCUT2D eigenvalue weighted by Crippen LogP contribution is 2.13. The third-order valence-corrected chi connectivity index (χ3v) is 5.88. The van der Waals surface area contributed by atoms with E-state index >= 15 is 0 Å². The maximum absolute atomic E-state index is 12.5. The van der Waals surface area contributed by atoms with Crippen molar-refractivity contribution in [3.63, 3.8) is 0 Å². The quantitative estimate of drug-likeness (QED) is 0.734. The number of sulfonamides is 1. The van der Waals surface area contributed by atoms with E-state index in [0.717, 1.165) is 31.7 Å². The lowest BCUT2D eigenvalue weighted by atomic mass is 10.2. The van der Waals surface area contributed by atoms with E-state index in [1.165, 1.54) is 12.1 Å². The van der Waals surface area contributed by atoms with Gasteiger partial charge in [0.25, 0.3) is 5.91 Å². The summed E-state index contributed by atoms with van der Waals surface area (Å²) < 4.78 is 27.7. The zero-order chi connectivity index (χ0) is 19.3. The Kier molecular flexibility index (Phi) is 7.97. The van der Waals surface area contributed by atoms with Gasteiger partial charge in [-0.15, -0.1) is 12.4 Å². The average Bonchev–Trinajstić information content (AvgIpc) is 2.69. The van der Waals surface area contributed by atoms with Crippen molar-refractivity contribution < 1.29 is 13.2 Å². The van der Waals surface area contributed by atoms with Crippen molar-refractivity contribution in [2.45, 2.75) is 11.4 Å². The highest BCUT2D eigenvalue weighted by molar-refractivity contribution is 7.89. The van der Waals surface area contributed by atoms with Crippen LogP contribution in [0.5, 0.6) is 0 Å². The molecule has 2 aromatic rings. The molecule has 0 saturated carbocycles. The molecule has 2 aromatic carbocycles. The Morgan fingerprint density at radius 2 is 1.68 bits per heavy atom. The molecule has 1 aliphatic heterocycles. The number of hydrogen-bond donors (Lipinski definition) is 2. The summed E-state index contributed by atoms with van der Waals surface area (Å²) in [7, 11) is -1.67. The van der Waals surface area contributed by atoms with E-state index in [1.54, 1.807) is 12.1 Å². The zero-order valence-corrected chi connectivity index (χ0v) is 17.3. The molecule has 28 heavy (non-hydrogen) atoms. The molecule has 3 rings (SSSR count). The first-order valence-electron chi connectivity index (χ1n) is 8.82. The number of carbonyl (C=O) groups is 1. The summed E-state index contributed by atoms with van der Waals surface area (Å²) in [5.74, 6) is -0.306. The predicted octanol–water partition coefficient (Wildman–Crippen LogP) is 1.48. The highest BCUT2D eigenvalue weighted by atomic mass is 35.5. The molecule has 0 aliphatic carbocycles. The van der Waals surface area contributed by atoms with Crippen molar-refractivity contribution >= 4 is 28.3 Å². The number of amides is 1. The Bertz CT molecular complexity index is 885. The van der Waals surface area contributed by atoms with Crippen LogP contribution in [0.15, 0.2) is 59.5 Å². The third kappa shape index (κ3) is 6.02. The summed E-state index contributed by atoms with van der Waals surface area (Å²) in [6, 6.07) is 15.4. The van der Waals surface area contributed by atoms with E-state index in [-0.39, 0.29) is 29.8 Å². The number of likely N-dealkylation sites (N-methyl/N-ethyl adjacent to an activating group) is 1. The molecular formula is C19H25ClN4O3S. The van der Waals surface area contributed by atoms with Gasteiger partial charge in [0.1, 0.15) is 0 Å². The molecule has 1 amide bonds. The predicted molar refractivity (Wildman–Crippen MR) is 111 cm³/mol. The van der Waals surface area contributed by atoms with Gasteiger partial charge < -0.3 is 4.90 Å². The van der Waals surface area contributed by atoms with E-state index in [0.29, 0.717) is 5.56 Å². The van der Waals surface area contributed by atoms with Gasteiger partial charge in [0.15, 0.2) is 0 Å². The topological polar surface area (TPSA) is 81.8 Å². The Morgan fingerprint density at radius 1 is 1.00 bits per heavy atom. The minimum Gasteiger partial charge on any atom is -0.304 e. The van der Waals surface area contributed by atoms with Gasteiger partial charge in [-0.1, -0.05) is 36.4 Å². The van der Waals surface area contributed by atoms with Crippen molar-refractivity contribution in [3.05, 3.63) is 65.7 Å². The van der Waals surface area contributed by atoms with E-state index in [2.05, 4.69) is 15.0 Å². The lowest BCUT2D eigenvalue weighted by Crippen LogP contribution is -2.52. The monoisotopic (exact) mass is 424 g/mol. The van der Waals surface area contributed by atoms with Gasteiger partial charge in [0.2, 0.25) is 10.0 Å². The Labute approximate surface area is 172 Å². The van der Waals surface area contributed by atoms with Crippen LogP contribution >= 0.6 is 12.4 Å². The average molecular weight is 425 g/mol. The lowest BCUT2D eigenvalue weighted by Gasteiger charge is -2.32. The standard InChI is InChI=1S/C19H24N4O3S.ClH/c1-22-10-12-23(13-11-22)21-19(24)17-8-5-9-18(14-17)27(25,26)20-15-16-6-3-2-4-7-16;/h2-9,14,20H,10-13,15H2,1H3,(H,21,24);1H. The number of nitrogens with zero attached hydrogens (tertiary/aromatic N) is 2. The molecule has 0 bridgehead atoms. The summed E-state index contributed by atoms with van der Waals surface area (Å²) in [5.41, 5.74) is 4.03. The molecule has 0 radical (unpaired) electrons. The largest absolute Gasteiger partial charge is 0.304 e. The molecule has 0 unspecified atom stereocenters. The highest BCUT2D eigenvalue weighted by Gasteiger charge is 2.19. The first kappa shape index (κ1) is 22.3. The maximum atomic E-state index is 12.5. The number of rotatable bonds is 6. The Balaban J connectivity index is 0.00000280. The van der Waals surface area contributed by atoms with Gasteiger partial charge in [-0.25, -0.2) is 18.1 Å². The second kappa shape index (κ2) is 9.99. The first-order chi connectivity index (χ1) is 12.9. The van der Waals surface area contributed by atoms with Gasteiger partial charge >= 0.3 is 0 Å². The van der Waals surface area contributed by atoms with E-state index in [1.807, 2.05) is 42.4 Å². The molecule has 0 spiro atoms. The number of benzene rings is 2. The van der Waals surface area contributed by atoms with E-state index in [9.17, 15) is 13.2 Å². The van der Waals surface area contributed by atoms with Gasteiger partial charge in [0, 0.05) is 38.3 Å². The summed E-state index contributed by atoms with van der Waals surface area (Å²) in [4.78, 5) is 14.7. The van der Waals surface area contributed by atoms with Crippen LogP contribution in [0, 0.1) is 0 Å². The molecular weight excluding hydrogens is 400 g/mol. The number of halogens is 1. The minimum absolute atomic E-state index is 0. The molecule has 2 N–H and O–H groups in total. The lowest BCUT2D eigenvalue weighted by molar-refractivity contribution is 0.0662. The molecule has 7 nitrogen and oxygen atoms in total. The second-order valence-corrected chi connectivity index (χ2v) is 8.34. The fourth-order valence-electron chi connectivity index (χ4n) is 2.79. The molecule has 1 saturated heterocycles. The second-order valence-electron chi connectivity index (χ2n) is 6.57. The first-order valence-corrected chi connectivity index (χ1v) is 10.3. The summed E-state index contributed by atoms with van der Waals surface area (Å²) >= 11 is 0. The molecule has 152 valence electrons. The van der Waals surface area contributed by atoms with Crippen molar-refractivity contribution in [2.75, 3.05) is 33.2 Å². The molecule has 1 fully saturated rings. The number of piperazine rings is 1. The molecule has 1 heterocycles. The smallest absolute Gasteiger partial charge is 0.265 e. The Morgan fingerprint density at radius 3 is 2.36 bits per heavy atom. The van der Waals surface area contributed by atoms with E-state index in [4.69, 9.17) is 0 Å². The van der Waals surface area contributed by atoms with Crippen molar-refractivity contribution in [1.82, 2.24) is 20.1 Å². The van der Waals surface area contributed by atoms with Crippen molar-refractivity contribution in [2.24, 2.45) is 0 Å². The SMILES string of the molecule is CN1CCN(NC(=O)c2cccc(S(=O)(=O)NCc3ccccc3)c2)CC1.Cl. The van der Waals surface area contributed by atoms with Crippen LogP contribution < -0.4 is 10.1 Å². The van der Waals surface area contributed by atoms with Crippen LogP contribution in [-0.4, -0.2) is 57.5 Å². The van der Waals surface area contributed by atoms with Crippen LogP contribution in [0.4, 0.5) is 0 Å². The third-order valence-electron chi connectivity index (χ3n) is 4.48. The summed E-state index contributed by atoms with van der Waals surface area (Å²) in [6.45, 7) is 3.41. The van der Waals surface area contributed by atoms with Crippen LogP contribution in [0.1, 0.15) is 15.9 Å². The fraction of sp³-hybridized carbons (Fsp3) is 0.316.